The van der Waals surface area contributed by atoms with Gasteiger partial charge in [0.05, 0.1) is 11.6 Å². The molecule has 0 spiro atoms. The molecule has 0 unspecified atom stereocenters. The highest BCUT2D eigenvalue weighted by Crippen LogP contribution is 2.25. The molecule has 1 aromatic rings. The molecule has 90 valence electrons. The van der Waals surface area contributed by atoms with E-state index < -0.39 is 0 Å². The first kappa shape index (κ1) is 13.7. The molecule has 0 amide bonds. The van der Waals surface area contributed by atoms with Crippen LogP contribution < -0.4 is 4.90 Å². The van der Waals surface area contributed by atoms with Crippen LogP contribution in [-0.2, 0) is 4.74 Å². The summed E-state index contributed by atoms with van der Waals surface area (Å²) < 4.78 is 6.22. The second-order valence-electron chi connectivity index (χ2n) is 3.24. The highest BCUT2D eigenvalue weighted by atomic mass is 79.9. The normalized spacial score (nSPS) is 10.5. The van der Waals surface area contributed by atoms with Gasteiger partial charge in [0.2, 0.25) is 0 Å². The summed E-state index contributed by atoms with van der Waals surface area (Å²) in [6.07, 6.45) is 1.75. The van der Waals surface area contributed by atoms with Gasteiger partial charge < -0.3 is 9.64 Å². The number of likely N-dealkylation sites (N-methyl/N-ethyl adjacent to an activating group) is 1. The van der Waals surface area contributed by atoms with Crippen molar-refractivity contribution in [2.24, 2.45) is 0 Å². The van der Waals surface area contributed by atoms with Gasteiger partial charge in [-0.3, -0.25) is 0 Å². The Labute approximate surface area is 110 Å². The number of anilines is 1. The average molecular weight is 308 g/mol. The van der Waals surface area contributed by atoms with Crippen molar-refractivity contribution in [3.63, 3.8) is 0 Å². The maximum atomic E-state index is 6.14. The number of hydrogen-bond acceptors (Lipinski definition) is 3. The molecule has 1 rings (SSSR count). The molecule has 0 aliphatic carbocycles. The molecule has 0 atom stereocenters. The van der Waals surface area contributed by atoms with Crippen LogP contribution in [0.15, 0.2) is 16.7 Å². The molecular formula is C11H16BrClN2O. The van der Waals surface area contributed by atoms with Crippen LogP contribution in [0.1, 0.15) is 13.8 Å². The van der Waals surface area contributed by atoms with Crippen molar-refractivity contribution in [3.8, 4) is 0 Å². The molecule has 16 heavy (non-hydrogen) atoms. The maximum Gasteiger partial charge on any atom is 0.147 e. The zero-order valence-corrected chi connectivity index (χ0v) is 11.9. The summed E-state index contributed by atoms with van der Waals surface area (Å²) in [6.45, 7) is 7.16. The SMILES string of the molecule is CCOCCN(CC)c1ncc(Br)cc1Cl. The van der Waals surface area contributed by atoms with Crippen molar-refractivity contribution in [2.45, 2.75) is 13.8 Å². The van der Waals surface area contributed by atoms with E-state index in [4.69, 9.17) is 16.3 Å². The minimum Gasteiger partial charge on any atom is -0.380 e. The van der Waals surface area contributed by atoms with E-state index in [1.165, 1.54) is 0 Å². The summed E-state index contributed by atoms with van der Waals surface area (Å²) in [5.74, 6) is 0.812. The van der Waals surface area contributed by atoms with Gasteiger partial charge in [-0.2, -0.15) is 0 Å². The molecule has 0 aliphatic heterocycles. The number of halogens is 2. The van der Waals surface area contributed by atoms with Gasteiger partial charge >= 0.3 is 0 Å². The molecule has 0 radical (unpaired) electrons. The second-order valence-corrected chi connectivity index (χ2v) is 4.56. The van der Waals surface area contributed by atoms with Gasteiger partial charge in [0, 0.05) is 30.4 Å². The van der Waals surface area contributed by atoms with Crippen molar-refractivity contribution < 1.29 is 4.74 Å². The molecular weight excluding hydrogens is 291 g/mol. The van der Waals surface area contributed by atoms with Gasteiger partial charge in [0.25, 0.3) is 0 Å². The van der Waals surface area contributed by atoms with Crippen LogP contribution >= 0.6 is 27.5 Å². The third-order valence-corrected chi connectivity index (χ3v) is 2.89. The van der Waals surface area contributed by atoms with Gasteiger partial charge in [0.1, 0.15) is 5.82 Å². The molecule has 0 N–H and O–H groups in total. The Morgan fingerprint density at radius 3 is 2.81 bits per heavy atom. The summed E-state index contributed by atoms with van der Waals surface area (Å²) in [4.78, 5) is 6.42. The second kappa shape index (κ2) is 7.09. The first-order valence-electron chi connectivity index (χ1n) is 5.32. The maximum absolute atomic E-state index is 6.14. The molecule has 5 heteroatoms. The van der Waals surface area contributed by atoms with Crippen molar-refractivity contribution in [1.82, 2.24) is 4.98 Å². The molecule has 1 heterocycles. The lowest BCUT2D eigenvalue weighted by Crippen LogP contribution is -2.28. The Morgan fingerprint density at radius 2 is 2.25 bits per heavy atom. The van der Waals surface area contributed by atoms with E-state index in [1.807, 2.05) is 13.0 Å². The van der Waals surface area contributed by atoms with Gasteiger partial charge in [-0.05, 0) is 35.8 Å². The molecule has 0 aliphatic rings. The van der Waals surface area contributed by atoms with Crippen molar-refractivity contribution in [1.29, 1.82) is 0 Å². The van der Waals surface area contributed by atoms with E-state index in [0.29, 0.717) is 11.6 Å². The number of hydrogen-bond donors (Lipinski definition) is 0. The van der Waals surface area contributed by atoms with E-state index in [0.717, 1.165) is 30.0 Å². The molecule has 1 aromatic heterocycles. The van der Waals surface area contributed by atoms with E-state index in [2.05, 4.69) is 32.7 Å². The van der Waals surface area contributed by atoms with E-state index in [9.17, 15) is 0 Å². The summed E-state index contributed by atoms with van der Waals surface area (Å²) in [6, 6.07) is 1.85. The van der Waals surface area contributed by atoms with E-state index >= 15 is 0 Å². The largest absolute Gasteiger partial charge is 0.380 e. The Morgan fingerprint density at radius 1 is 1.50 bits per heavy atom. The van der Waals surface area contributed by atoms with Crippen LogP contribution in [0.4, 0.5) is 5.82 Å². The lowest BCUT2D eigenvalue weighted by atomic mass is 10.4. The third-order valence-electron chi connectivity index (χ3n) is 2.18. The quantitative estimate of drug-likeness (QED) is 0.754. The van der Waals surface area contributed by atoms with Gasteiger partial charge in [-0.25, -0.2) is 4.98 Å². The van der Waals surface area contributed by atoms with Crippen LogP contribution in [-0.4, -0.2) is 31.3 Å². The molecule has 3 nitrogen and oxygen atoms in total. The summed E-state index contributed by atoms with van der Waals surface area (Å²) in [5.41, 5.74) is 0. The fourth-order valence-corrected chi connectivity index (χ4v) is 2.12. The minimum atomic E-state index is 0.660. The standard InChI is InChI=1S/C11H16BrClN2O/c1-3-15(5-6-16-4-2)11-10(13)7-9(12)8-14-11/h7-8H,3-6H2,1-2H3. The predicted octanol–water partition coefficient (Wildman–Crippen LogP) is 3.36. The molecule has 0 saturated carbocycles. The monoisotopic (exact) mass is 306 g/mol. The minimum absolute atomic E-state index is 0.660. The van der Waals surface area contributed by atoms with Crippen molar-refractivity contribution in [2.75, 3.05) is 31.2 Å². The highest BCUT2D eigenvalue weighted by Gasteiger charge is 2.10. The van der Waals surface area contributed by atoms with E-state index in [1.54, 1.807) is 6.20 Å². The molecule has 0 aromatic carbocycles. The fourth-order valence-electron chi connectivity index (χ4n) is 1.37. The Hall–Kier alpha value is -0.320. The van der Waals surface area contributed by atoms with Crippen LogP contribution in [0.5, 0.6) is 0 Å². The smallest absolute Gasteiger partial charge is 0.147 e. The predicted molar refractivity (Wildman–Crippen MR) is 71.3 cm³/mol. The zero-order valence-electron chi connectivity index (χ0n) is 9.54. The van der Waals surface area contributed by atoms with Gasteiger partial charge in [0.15, 0.2) is 0 Å². The lowest BCUT2D eigenvalue weighted by Gasteiger charge is -2.22. The first-order valence-corrected chi connectivity index (χ1v) is 6.49. The Balaban J connectivity index is 2.70. The highest BCUT2D eigenvalue weighted by molar-refractivity contribution is 9.10. The van der Waals surface area contributed by atoms with E-state index in [-0.39, 0.29) is 0 Å². The fraction of sp³-hybridized carbons (Fsp3) is 0.545. The Kier molecular flexibility index (Phi) is 6.09. The summed E-state index contributed by atoms with van der Waals surface area (Å²) >= 11 is 9.48. The molecule has 0 saturated heterocycles. The summed E-state index contributed by atoms with van der Waals surface area (Å²) in [7, 11) is 0. The van der Waals surface area contributed by atoms with Gasteiger partial charge in [-0.1, -0.05) is 11.6 Å². The van der Waals surface area contributed by atoms with Crippen molar-refractivity contribution >= 4 is 33.3 Å². The first-order chi connectivity index (χ1) is 7.69. The number of ether oxygens (including phenoxy) is 1. The number of aromatic nitrogens is 1. The molecule has 0 bridgehead atoms. The Bertz CT molecular complexity index is 336. The van der Waals surface area contributed by atoms with Crippen LogP contribution in [0.25, 0.3) is 0 Å². The van der Waals surface area contributed by atoms with Crippen LogP contribution in [0.2, 0.25) is 5.02 Å². The average Bonchev–Trinajstić information content (AvgIpc) is 2.26. The van der Waals surface area contributed by atoms with Gasteiger partial charge in [-0.15, -0.1) is 0 Å². The number of nitrogens with zero attached hydrogens (tertiary/aromatic N) is 2. The number of rotatable bonds is 6. The van der Waals surface area contributed by atoms with Crippen LogP contribution in [0.3, 0.4) is 0 Å². The van der Waals surface area contributed by atoms with Crippen molar-refractivity contribution in [3.05, 3.63) is 21.8 Å². The zero-order chi connectivity index (χ0) is 12.0. The third kappa shape index (κ3) is 3.92. The summed E-state index contributed by atoms with van der Waals surface area (Å²) in [5, 5.41) is 0.660. The molecule has 0 fully saturated rings. The lowest BCUT2D eigenvalue weighted by molar-refractivity contribution is 0.154. The van der Waals surface area contributed by atoms with Crippen LogP contribution in [0, 0.1) is 0 Å². The number of pyridine rings is 1. The topological polar surface area (TPSA) is 25.4 Å².